The molecule has 1 saturated heterocycles. The molecule has 5 rings (SSSR count). The molecule has 4 aromatic rings. The van der Waals surface area contributed by atoms with Gasteiger partial charge in [-0.1, -0.05) is 54.6 Å². The van der Waals surface area contributed by atoms with Crippen molar-refractivity contribution in [3.05, 3.63) is 116 Å². The van der Waals surface area contributed by atoms with Gasteiger partial charge in [0, 0.05) is 12.6 Å². The Labute approximate surface area is 245 Å². The first-order chi connectivity index (χ1) is 19.3. The summed E-state index contributed by atoms with van der Waals surface area (Å²) in [4.78, 5) is 16.4. The van der Waals surface area contributed by atoms with Crippen molar-refractivity contribution in [3.8, 4) is 11.5 Å². The van der Waals surface area contributed by atoms with E-state index in [1.807, 2.05) is 101 Å². The Hall–Kier alpha value is -3.45. The van der Waals surface area contributed by atoms with Gasteiger partial charge >= 0.3 is 5.69 Å². The average Bonchev–Trinajstić information content (AvgIpc) is 3.36. The summed E-state index contributed by atoms with van der Waals surface area (Å²) in [5.74, 6) is 1.59. The molecule has 0 bridgehead atoms. The lowest BCUT2D eigenvalue weighted by atomic mass is 9.80. The number of aliphatic hydroxyl groups excluding tert-OH is 1. The number of aromatic nitrogens is 2. The van der Waals surface area contributed by atoms with E-state index in [9.17, 15) is 9.90 Å². The van der Waals surface area contributed by atoms with Gasteiger partial charge in [-0.05, 0) is 63.5 Å². The minimum Gasteiger partial charge on any atom is -0.497 e. The van der Waals surface area contributed by atoms with Crippen molar-refractivity contribution in [1.82, 2.24) is 9.55 Å². The topological polar surface area (TPSA) is 118 Å². The molecule has 0 spiro atoms. The van der Waals surface area contributed by atoms with Crippen molar-refractivity contribution < 1.29 is 24.1 Å². The molecule has 1 aliphatic rings. The molecule has 3 aromatic carbocycles. The second-order valence-electron chi connectivity index (χ2n) is 9.41. The van der Waals surface area contributed by atoms with Crippen LogP contribution in [0.5, 0.6) is 11.5 Å². The molecule has 40 heavy (non-hydrogen) atoms. The van der Waals surface area contributed by atoms with Crippen LogP contribution < -0.4 is 20.9 Å². The number of aliphatic hydroxyl groups is 1. The van der Waals surface area contributed by atoms with Gasteiger partial charge < -0.3 is 29.8 Å². The van der Waals surface area contributed by atoms with Gasteiger partial charge in [-0.25, -0.2) is 4.79 Å². The second-order valence-corrected chi connectivity index (χ2v) is 10.6. The normalized spacial score (nSPS) is 18.9. The first kappa shape index (κ1) is 28.1. The molecule has 0 aliphatic carbocycles. The summed E-state index contributed by atoms with van der Waals surface area (Å²) >= 11 is 2.01. The third-order valence-electron chi connectivity index (χ3n) is 7.09. The molecule has 1 aliphatic heterocycles. The largest absolute Gasteiger partial charge is 0.497 e. The van der Waals surface area contributed by atoms with E-state index in [-0.39, 0.29) is 18.8 Å². The summed E-state index contributed by atoms with van der Waals surface area (Å²) in [6, 6.07) is 25.3. The van der Waals surface area contributed by atoms with Gasteiger partial charge in [-0.15, -0.1) is 0 Å². The molecule has 10 heteroatoms. The fourth-order valence-electron chi connectivity index (χ4n) is 4.98. The van der Waals surface area contributed by atoms with E-state index in [2.05, 4.69) is 4.98 Å². The molecule has 1 fully saturated rings. The molecular formula is C30H30IN3O6. The Bertz CT molecular complexity index is 1450. The van der Waals surface area contributed by atoms with Crippen molar-refractivity contribution in [3.63, 3.8) is 0 Å². The number of hydrogen-bond donors (Lipinski definition) is 2. The van der Waals surface area contributed by atoms with Gasteiger partial charge in [-0.2, -0.15) is 4.98 Å². The Kier molecular flexibility index (Phi) is 8.40. The minimum absolute atomic E-state index is 0.0405. The van der Waals surface area contributed by atoms with Crippen LogP contribution in [0.1, 0.15) is 29.3 Å². The zero-order valence-electron chi connectivity index (χ0n) is 22.1. The third kappa shape index (κ3) is 5.44. The lowest BCUT2D eigenvalue weighted by Crippen LogP contribution is -2.38. The van der Waals surface area contributed by atoms with E-state index in [1.54, 1.807) is 20.4 Å². The number of halogens is 1. The first-order valence-corrected chi connectivity index (χ1v) is 13.8. The molecule has 1 aromatic heterocycles. The van der Waals surface area contributed by atoms with Crippen molar-refractivity contribution in [1.29, 1.82) is 0 Å². The predicted molar refractivity (Wildman–Crippen MR) is 158 cm³/mol. The number of hydrogen-bond acceptors (Lipinski definition) is 8. The number of rotatable bonds is 9. The highest BCUT2D eigenvalue weighted by Crippen LogP contribution is 2.42. The van der Waals surface area contributed by atoms with Crippen LogP contribution in [-0.4, -0.2) is 47.7 Å². The SMILES string of the molecule is COc1ccc(C(OC[C@H]2O[C@@H](n3cc(I)c(N)nc3=O)C[C@@H]2O)(c2ccccc2)c2ccc(OC)cc2)cc1. The predicted octanol–water partition coefficient (Wildman–Crippen LogP) is 4.10. The maximum Gasteiger partial charge on any atom is 0.351 e. The van der Waals surface area contributed by atoms with Crippen molar-refractivity contribution in [2.75, 3.05) is 26.6 Å². The zero-order chi connectivity index (χ0) is 28.3. The standard InChI is InChI=1S/C30H30IN3O6/c1-37-22-12-8-20(9-13-22)30(19-6-4-3-5-7-19,21-10-14-23(38-2)15-11-21)39-18-26-25(35)16-27(40-26)34-17-24(31)28(32)33-29(34)36/h3-15,17,25-27,35H,16,18H2,1-2H3,(H2,32,33,36)/t25-,26+,27+/m0/s1. The molecule has 3 atom stereocenters. The summed E-state index contributed by atoms with van der Waals surface area (Å²) in [5, 5.41) is 11.0. The fourth-order valence-corrected chi connectivity index (χ4v) is 5.40. The molecule has 0 amide bonds. The maximum absolute atomic E-state index is 12.5. The minimum atomic E-state index is -1.06. The number of ether oxygens (including phenoxy) is 4. The monoisotopic (exact) mass is 655 g/mol. The molecule has 9 nitrogen and oxygen atoms in total. The smallest absolute Gasteiger partial charge is 0.351 e. The number of methoxy groups -OCH3 is 2. The van der Waals surface area contributed by atoms with Gasteiger partial charge in [0.2, 0.25) is 0 Å². The van der Waals surface area contributed by atoms with E-state index in [0.717, 1.165) is 28.2 Å². The summed E-state index contributed by atoms with van der Waals surface area (Å²) in [6.45, 7) is 0.0405. The van der Waals surface area contributed by atoms with E-state index >= 15 is 0 Å². The Morgan fingerprint density at radius 3 is 2.08 bits per heavy atom. The van der Waals surface area contributed by atoms with Crippen LogP contribution in [0, 0.1) is 3.57 Å². The van der Waals surface area contributed by atoms with Crippen LogP contribution in [0.25, 0.3) is 0 Å². The molecular weight excluding hydrogens is 625 g/mol. The van der Waals surface area contributed by atoms with Crippen LogP contribution in [0.3, 0.4) is 0 Å². The Balaban J connectivity index is 1.53. The van der Waals surface area contributed by atoms with E-state index in [1.165, 1.54) is 4.57 Å². The summed E-state index contributed by atoms with van der Waals surface area (Å²) in [5.41, 5.74) is 6.81. The number of nitrogens with two attached hydrogens (primary N) is 1. The van der Waals surface area contributed by atoms with Crippen LogP contribution in [0.15, 0.2) is 89.9 Å². The van der Waals surface area contributed by atoms with Crippen molar-refractivity contribution >= 4 is 28.4 Å². The fraction of sp³-hybridized carbons (Fsp3) is 0.267. The maximum atomic E-state index is 12.5. The highest BCUT2D eigenvalue weighted by Gasteiger charge is 2.42. The average molecular weight is 655 g/mol. The molecule has 0 unspecified atom stereocenters. The number of nitrogens with zero attached hydrogens (tertiary/aromatic N) is 2. The van der Waals surface area contributed by atoms with Crippen LogP contribution in [0.4, 0.5) is 5.82 Å². The summed E-state index contributed by atoms with van der Waals surface area (Å²) < 4.78 is 25.8. The number of benzene rings is 3. The lowest BCUT2D eigenvalue weighted by Gasteiger charge is -2.37. The van der Waals surface area contributed by atoms with Crippen LogP contribution in [0.2, 0.25) is 0 Å². The second kappa shape index (κ2) is 12.0. The van der Waals surface area contributed by atoms with Crippen molar-refractivity contribution in [2.24, 2.45) is 0 Å². The Morgan fingerprint density at radius 1 is 0.975 bits per heavy atom. The molecule has 0 saturated carbocycles. The lowest BCUT2D eigenvalue weighted by molar-refractivity contribution is -0.0944. The highest BCUT2D eigenvalue weighted by molar-refractivity contribution is 14.1. The molecule has 2 heterocycles. The zero-order valence-corrected chi connectivity index (χ0v) is 24.2. The van der Waals surface area contributed by atoms with Crippen LogP contribution in [-0.2, 0) is 15.1 Å². The first-order valence-electron chi connectivity index (χ1n) is 12.7. The van der Waals surface area contributed by atoms with Gasteiger partial charge in [0.1, 0.15) is 35.2 Å². The van der Waals surface area contributed by atoms with Gasteiger partial charge in [0.25, 0.3) is 0 Å². The van der Waals surface area contributed by atoms with Gasteiger partial charge in [-0.3, -0.25) is 4.57 Å². The highest BCUT2D eigenvalue weighted by atomic mass is 127. The van der Waals surface area contributed by atoms with Crippen LogP contribution >= 0.6 is 22.6 Å². The summed E-state index contributed by atoms with van der Waals surface area (Å²) in [7, 11) is 3.25. The quantitative estimate of drug-likeness (QED) is 0.205. The third-order valence-corrected chi connectivity index (χ3v) is 7.92. The van der Waals surface area contributed by atoms with Crippen molar-refractivity contribution in [2.45, 2.75) is 30.5 Å². The molecule has 0 radical (unpaired) electrons. The van der Waals surface area contributed by atoms with Gasteiger partial charge in [0.05, 0.1) is 30.5 Å². The van der Waals surface area contributed by atoms with E-state index in [4.69, 9.17) is 24.7 Å². The number of anilines is 1. The summed E-state index contributed by atoms with van der Waals surface area (Å²) in [6.07, 6.45) is -0.474. The molecule has 208 valence electrons. The number of nitrogen functional groups attached to an aromatic ring is 1. The van der Waals surface area contributed by atoms with Gasteiger partial charge in [0.15, 0.2) is 0 Å². The molecule has 3 N–H and O–H groups in total. The van der Waals surface area contributed by atoms with E-state index < -0.39 is 29.7 Å². The Morgan fingerprint density at radius 2 is 1.52 bits per heavy atom. The van der Waals surface area contributed by atoms with E-state index in [0.29, 0.717) is 3.57 Å².